The van der Waals surface area contributed by atoms with E-state index in [-0.39, 0.29) is 12.5 Å². The van der Waals surface area contributed by atoms with Crippen LogP contribution in [0.25, 0.3) is 0 Å². The van der Waals surface area contributed by atoms with E-state index in [4.69, 9.17) is 5.11 Å². The predicted octanol–water partition coefficient (Wildman–Crippen LogP) is 1.62. The minimum atomic E-state index is 0.0390. The van der Waals surface area contributed by atoms with Crippen LogP contribution in [0.2, 0.25) is 0 Å². The first-order chi connectivity index (χ1) is 8.33. The summed E-state index contributed by atoms with van der Waals surface area (Å²) >= 11 is 3.18. The van der Waals surface area contributed by atoms with Crippen LogP contribution in [0.3, 0.4) is 0 Å². The van der Waals surface area contributed by atoms with E-state index >= 15 is 0 Å². The number of amides is 1. The maximum atomic E-state index is 11.3. The Bertz CT molecular complexity index is 320. The SMILES string of the molecule is O=C(CSCCO)NCCSc1ccccc1. The van der Waals surface area contributed by atoms with Gasteiger partial charge in [0.05, 0.1) is 12.4 Å². The van der Waals surface area contributed by atoms with Crippen molar-refractivity contribution in [3.8, 4) is 0 Å². The summed E-state index contributed by atoms with van der Waals surface area (Å²) in [7, 11) is 0. The van der Waals surface area contributed by atoms with Gasteiger partial charge in [0.1, 0.15) is 0 Å². The fraction of sp³-hybridized carbons (Fsp3) is 0.417. The van der Waals surface area contributed by atoms with Crippen LogP contribution >= 0.6 is 23.5 Å². The van der Waals surface area contributed by atoms with E-state index in [1.165, 1.54) is 16.7 Å². The van der Waals surface area contributed by atoms with Crippen molar-refractivity contribution in [3.05, 3.63) is 30.3 Å². The summed E-state index contributed by atoms with van der Waals surface area (Å²) in [5, 5.41) is 11.4. The smallest absolute Gasteiger partial charge is 0.230 e. The molecule has 0 fully saturated rings. The maximum absolute atomic E-state index is 11.3. The minimum Gasteiger partial charge on any atom is -0.396 e. The van der Waals surface area contributed by atoms with Crippen LogP contribution < -0.4 is 5.32 Å². The normalized spacial score (nSPS) is 10.2. The molecule has 1 amide bonds. The third-order valence-corrected chi connectivity index (χ3v) is 3.86. The van der Waals surface area contributed by atoms with Crippen molar-refractivity contribution in [3.63, 3.8) is 0 Å². The number of rotatable bonds is 8. The van der Waals surface area contributed by atoms with Crippen LogP contribution in [0.4, 0.5) is 0 Å². The fourth-order valence-corrected chi connectivity index (χ4v) is 2.51. The van der Waals surface area contributed by atoms with Gasteiger partial charge in [0, 0.05) is 22.9 Å². The highest BCUT2D eigenvalue weighted by Crippen LogP contribution is 2.15. The molecule has 3 nitrogen and oxygen atoms in total. The summed E-state index contributed by atoms with van der Waals surface area (Å²) in [5.74, 6) is 1.96. The molecule has 1 aromatic rings. The number of aliphatic hydroxyl groups is 1. The van der Waals surface area contributed by atoms with Crippen molar-refractivity contribution in [2.24, 2.45) is 0 Å². The highest BCUT2D eigenvalue weighted by Gasteiger charge is 2.00. The molecule has 1 aromatic carbocycles. The molecule has 0 spiro atoms. The summed E-state index contributed by atoms with van der Waals surface area (Å²) in [6.07, 6.45) is 0. The van der Waals surface area contributed by atoms with Gasteiger partial charge in [-0.05, 0) is 12.1 Å². The van der Waals surface area contributed by atoms with Gasteiger partial charge in [0.25, 0.3) is 0 Å². The molecule has 0 heterocycles. The summed E-state index contributed by atoms with van der Waals surface area (Å²) < 4.78 is 0. The molecule has 1 rings (SSSR count). The molecular formula is C12H17NO2S2. The van der Waals surface area contributed by atoms with Gasteiger partial charge < -0.3 is 10.4 Å². The number of nitrogens with one attached hydrogen (secondary N) is 1. The van der Waals surface area contributed by atoms with Crippen LogP contribution in [0.5, 0.6) is 0 Å². The molecule has 0 atom stereocenters. The van der Waals surface area contributed by atoms with Gasteiger partial charge in [-0.1, -0.05) is 18.2 Å². The Balaban J connectivity index is 2.02. The second-order valence-corrected chi connectivity index (χ2v) is 5.56. The monoisotopic (exact) mass is 271 g/mol. The Morgan fingerprint density at radius 1 is 1.24 bits per heavy atom. The third-order valence-electron chi connectivity index (χ3n) is 1.90. The van der Waals surface area contributed by atoms with Crippen LogP contribution in [0, 0.1) is 0 Å². The number of hydrogen-bond acceptors (Lipinski definition) is 4. The van der Waals surface area contributed by atoms with Crippen LogP contribution in [0.15, 0.2) is 35.2 Å². The van der Waals surface area contributed by atoms with E-state index in [2.05, 4.69) is 17.4 Å². The summed E-state index contributed by atoms with van der Waals surface area (Å²) in [4.78, 5) is 12.5. The first-order valence-corrected chi connectivity index (χ1v) is 7.60. The summed E-state index contributed by atoms with van der Waals surface area (Å²) in [6.45, 7) is 0.805. The molecule has 0 radical (unpaired) electrons. The number of thioether (sulfide) groups is 2. The van der Waals surface area contributed by atoms with Gasteiger partial charge in [-0.2, -0.15) is 0 Å². The first-order valence-electron chi connectivity index (χ1n) is 5.46. The molecule has 0 saturated carbocycles. The van der Waals surface area contributed by atoms with Crippen molar-refractivity contribution >= 4 is 29.4 Å². The van der Waals surface area contributed by atoms with E-state index in [0.717, 1.165) is 5.75 Å². The first kappa shape index (κ1) is 14.4. The molecule has 17 heavy (non-hydrogen) atoms. The second kappa shape index (κ2) is 9.39. The standard InChI is InChI=1S/C12H17NO2S2/c14-7-9-16-10-12(15)13-6-8-17-11-4-2-1-3-5-11/h1-5,14H,6-10H2,(H,13,15). The Morgan fingerprint density at radius 3 is 2.71 bits per heavy atom. The molecule has 0 aromatic heterocycles. The van der Waals surface area contributed by atoms with Crippen LogP contribution in [0.1, 0.15) is 0 Å². The number of carbonyl (C=O) groups excluding carboxylic acids is 1. The average molecular weight is 271 g/mol. The van der Waals surface area contributed by atoms with E-state index in [1.54, 1.807) is 11.8 Å². The molecule has 0 aliphatic rings. The largest absolute Gasteiger partial charge is 0.396 e. The quantitative estimate of drug-likeness (QED) is 0.557. The average Bonchev–Trinajstić information content (AvgIpc) is 2.36. The van der Waals surface area contributed by atoms with Crippen molar-refractivity contribution in [2.45, 2.75) is 4.90 Å². The molecule has 5 heteroatoms. The van der Waals surface area contributed by atoms with E-state index in [1.807, 2.05) is 18.2 Å². The molecule has 0 bridgehead atoms. The Labute approximate surface area is 110 Å². The summed E-state index contributed by atoms with van der Waals surface area (Å²) in [6, 6.07) is 10.1. The highest BCUT2D eigenvalue weighted by atomic mass is 32.2. The van der Waals surface area contributed by atoms with E-state index < -0.39 is 0 Å². The molecule has 0 aliphatic heterocycles. The van der Waals surface area contributed by atoms with Crippen LogP contribution in [-0.2, 0) is 4.79 Å². The van der Waals surface area contributed by atoms with Crippen molar-refractivity contribution in [1.82, 2.24) is 5.32 Å². The predicted molar refractivity (Wildman–Crippen MR) is 74.6 cm³/mol. The molecular weight excluding hydrogens is 254 g/mol. The molecule has 0 saturated heterocycles. The number of hydrogen-bond donors (Lipinski definition) is 2. The summed E-state index contributed by atoms with van der Waals surface area (Å²) in [5.41, 5.74) is 0. The van der Waals surface area contributed by atoms with Crippen LogP contribution in [-0.4, -0.2) is 41.4 Å². The lowest BCUT2D eigenvalue weighted by molar-refractivity contribution is -0.118. The Morgan fingerprint density at radius 2 is 2.00 bits per heavy atom. The zero-order chi connectivity index (χ0) is 12.3. The van der Waals surface area contributed by atoms with Gasteiger partial charge in [-0.3, -0.25) is 4.79 Å². The highest BCUT2D eigenvalue weighted by molar-refractivity contribution is 8.00. The lowest BCUT2D eigenvalue weighted by atomic mass is 10.4. The maximum Gasteiger partial charge on any atom is 0.230 e. The molecule has 94 valence electrons. The second-order valence-electron chi connectivity index (χ2n) is 3.29. The lowest BCUT2D eigenvalue weighted by Gasteiger charge is -2.04. The number of carbonyl (C=O) groups is 1. The molecule has 0 unspecified atom stereocenters. The lowest BCUT2D eigenvalue weighted by Crippen LogP contribution is -2.27. The van der Waals surface area contributed by atoms with Crippen molar-refractivity contribution in [2.75, 3.05) is 30.4 Å². The third kappa shape index (κ3) is 7.31. The van der Waals surface area contributed by atoms with Gasteiger partial charge in [0.15, 0.2) is 0 Å². The van der Waals surface area contributed by atoms with Gasteiger partial charge in [-0.25, -0.2) is 0 Å². The van der Waals surface area contributed by atoms with E-state index in [0.29, 0.717) is 18.1 Å². The number of aliphatic hydroxyl groups excluding tert-OH is 1. The fourth-order valence-electron chi connectivity index (χ4n) is 1.16. The van der Waals surface area contributed by atoms with Crippen molar-refractivity contribution in [1.29, 1.82) is 0 Å². The number of benzene rings is 1. The zero-order valence-electron chi connectivity index (χ0n) is 9.59. The zero-order valence-corrected chi connectivity index (χ0v) is 11.2. The Kier molecular flexibility index (Phi) is 7.96. The van der Waals surface area contributed by atoms with E-state index in [9.17, 15) is 4.79 Å². The van der Waals surface area contributed by atoms with Gasteiger partial charge in [-0.15, -0.1) is 23.5 Å². The Hall–Kier alpha value is -0.650. The molecule has 2 N–H and O–H groups in total. The van der Waals surface area contributed by atoms with Gasteiger partial charge >= 0.3 is 0 Å². The molecule has 0 aliphatic carbocycles. The minimum absolute atomic E-state index is 0.0390. The van der Waals surface area contributed by atoms with Gasteiger partial charge in [0.2, 0.25) is 5.91 Å². The topological polar surface area (TPSA) is 49.3 Å². The van der Waals surface area contributed by atoms with Crippen molar-refractivity contribution < 1.29 is 9.90 Å².